The zero-order valence-corrected chi connectivity index (χ0v) is 6.57. The summed E-state index contributed by atoms with van der Waals surface area (Å²) < 4.78 is 5.01. The second kappa shape index (κ2) is 3.70. The molecule has 0 aromatic carbocycles. The summed E-state index contributed by atoms with van der Waals surface area (Å²) in [6.07, 6.45) is -0.626. The molecule has 1 amide bonds. The third kappa shape index (κ3) is 2.57. The first-order valence-corrected chi connectivity index (χ1v) is 3.44. The van der Waals surface area contributed by atoms with Crippen LogP contribution in [0.5, 0.6) is 0 Å². The quantitative estimate of drug-likeness (QED) is 0.677. The Kier molecular flexibility index (Phi) is 2.62. The molecule has 1 aromatic rings. The number of rotatable bonds is 3. The van der Waals surface area contributed by atoms with E-state index in [4.69, 9.17) is 9.52 Å². The zero-order valence-electron chi connectivity index (χ0n) is 6.57. The molecule has 6 heteroatoms. The number of nitrogens with one attached hydrogen (secondary N) is 1. The molecule has 12 heavy (non-hydrogen) atoms. The molecular weight excluding hydrogens is 162 g/mol. The van der Waals surface area contributed by atoms with Crippen LogP contribution >= 0.6 is 0 Å². The second-order valence-corrected chi connectivity index (χ2v) is 2.20. The lowest BCUT2D eigenvalue weighted by atomic mass is 10.4. The number of nitrogens with zero attached hydrogens (tertiary/aromatic N) is 2. The lowest BCUT2D eigenvalue weighted by Crippen LogP contribution is -2.23. The summed E-state index contributed by atoms with van der Waals surface area (Å²) in [4.78, 5) is 10.0. The molecule has 0 bridgehead atoms. The molecule has 66 valence electrons. The Morgan fingerprint density at radius 2 is 2.42 bits per heavy atom. The minimum atomic E-state index is -1.05. The summed E-state index contributed by atoms with van der Waals surface area (Å²) in [7, 11) is 0. The van der Waals surface area contributed by atoms with E-state index in [0.717, 1.165) is 0 Å². The van der Waals surface area contributed by atoms with Crippen molar-refractivity contribution in [2.45, 2.75) is 13.3 Å². The molecule has 0 radical (unpaired) electrons. The molecule has 0 aliphatic carbocycles. The van der Waals surface area contributed by atoms with Crippen molar-refractivity contribution in [2.75, 3.05) is 6.54 Å². The van der Waals surface area contributed by atoms with Crippen molar-refractivity contribution < 1.29 is 14.3 Å². The van der Waals surface area contributed by atoms with Crippen LogP contribution in [0.4, 0.5) is 4.79 Å². The van der Waals surface area contributed by atoms with Crippen LogP contribution < -0.4 is 5.32 Å². The Morgan fingerprint density at radius 3 is 2.92 bits per heavy atom. The summed E-state index contributed by atoms with van der Waals surface area (Å²) in [5, 5.41) is 17.7. The SMILES string of the molecule is Cc1nnc(CCNC(=O)O)o1. The van der Waals surface area contributed by atoms with Crippen LogP contribution in [0.3, 0.4) is 0 Å². The first-order chi connectivity index (χ1) is 5.68. The van der Waals surface area contributed by atoms with E-state index in [2.05, 4.69) is 15.5 Å². The van der Waals surface area contributed by atoms with E-state index < -0.39 is 6.09 Å². The Labute approximate surface area is 68.6 Å². The van der Waals surface area contributed by atoms with E-state index in [9.17, 15) is 4.79 Å². The van der Waals surface area contributed by atoms with E-state index in [0.29, 0.717) is 18.2 Å². The van der Waals surface area contributed by atoms with Crippen LogP contribution in [0, 0.1) is 6.92 Å². The van der Waals surface area contributed by atoms with Gasteiger partial charge in [-0.1, -0.05) is 0 Å². The summed E-state index contributed by atoms with van der Waals surface area (Å²) in [5.41, 5.74) is 0. The maximum Gasteiger partial charge on any atom is 0.404 e. The molecule has 2 N–H and O–H groups in total. The number of carbonyl (C=O) groups is 1. The summed E-state index contributed by atoms with van der Waals surface area (Å²) in [6.45, 7) is 1.97. The number of amides is 1. The van der Waals surface area contributed by atoms with Crippen molar-refractivity contribution in [3.8, 4) is 0 Å². The van der Waals surface area contributed by atoms with Gasteiger partial charge in [-0.2, -0.15) is 0 Å². The third-order valence-corrected chi connectivity index (χ3v) is 1.18. The molecule has 1 rings (SSSR count). The standard InChI is InChI=1S/C6H9N3O3/c1-4-8-9-5(12-4)2-3-7-6(10)11/h7H,2-3H2,1H3,(H,10,11). The van der Waals surface area contributed by atoms with Gasteiger partial charge in [-0.15, -0.1) is 10.2 Å². The molecule has 0 saturated heterocycles. The molecule has 0 saturated carbocycles. The fourth-order valence-corrected chi connectivity index (χ4v) is 0.715. The van der Waals surface area contributed by atoms with Crippen LogP contribution in [0.1, 0.15) is 11.8 Å². The van der Waals surface area contributed by atoms with Crippen LogP contribution in [0.25, 0.3) is 0 Å². The highest BCUT2D eigenvalue weighted by Gasteiger charge is 2.01. The van der Waals surface area contributed by atoms with E-state index in [1.165, 1.54) is 0 Å². The van der Waals surface area contributed by atoms with Gasteiger partial charge in [0.25, 0.3) is 0 Å². The van der Waals surface area contributed by atoms with Crippen molar-refractivity contribution in [2.24, 2.45) is 0 Å². The number of carboxylic acid groups (broad SMARTS) is 1. The predicted molar refractivity (Wildman–Crippen MR) is 38.8 cm³/mol. The molecule has 0 aliphatic rings. The second-order valence-electron chi connectivity index (χ2n) is 2.20. The van der Waals surface area contributed by atoms with E-state index in [-0.39, 0.29) is 6.54 Å². The van der Waals surface area contributed by atoms with E-state index in [1.54, 1.807) is 6.92 Å². The molecule has 0 aliphatic heterocycles. The normalized spacial score (nSPS) is 9.75. The van der Waals surface area contributed by atoms with Crippen LogP contribution in [0.2, 0.25) is 0 Å². The summed E-state index contributed by atoms with van der Waals surface area (Å²) in [6, 6.07) is 0. The summed E-state index contributed by atoms with van der Waals surface area (Å²) in [5.74, 6) is 0.932. The maximum atomic E-state index is 10.0. The first kappa shape index (κ1) is 8.51. The van der Waals surface area contributed by atoms with Crippen molar-refractivity contribution in [3.63, 3.8) is 0 Å². The molecule has 6 nitrogen and oxygen atoms in total. The average molecular weight is 171 g/mol. The predicted octanol–water partition coefficient (Wildman–Crippen LogP) is 0.188. The Balaban J connectivity index is 2.29. The molecule has 0 atom stereocenters. The Morgan fingerprint density at radius 1 is 1.67 bits per heavy atom. The van der Waals surface area contributed by atoms with Gasteiger partial charge in [-0.05, 0) is 0 Å². The Bertz CT molecular complexity index is 271. The highest BCUT2D eigenvalue weighted by Crippen LogP contribution is 1.96. The maximum absolute atomic E-state index is 10.0. The third-order valence-electron chi connectivity index (χ3n) is 1.18. The van der Waals surface area contributed by atoms with Crippen LogP contribution in [-0.4, -0.2) is 27.9 Å². The van der Waals surface area contributed by atoms with Gasteiger partial charge in [0.15, 0.2) is 0 Å². The van der Waals surface area contributed by atoms with Gasteiger partial charge in [0.2, 0.25) is 11.8 Å². The minimum Gasteiger partial charge on any atom is -0.465 e. The van der Waals surface area contributed by atoms with Crippen molar-refractivity contribution in [1.82, 2.24) is 15.5 Å². The fourth-order valence-electron chi connectivity index (χ4n) is 0.715. The lowest BCUT2D eigenvalue weighted by Gasteiger charge is -1.94. The number of hydrogen-bond acceptors (Lipinski definition) is 4. The average Bonchev–Trinajstić information content (AvgIpc) is 2.35. The molecule has 0 spiro atoms. The molecular formula is C6H9N3O3. The highest BCUT2D eigenvalue weighted by atomic mass is 16.4. The molecule has 1 aromatic heterocycles. The van der Waals surface area contributed by atoms with Crippen LogP contribution in [-0.2, 0) is 6.42 Å². The number of aryl methyl sites for hydroxylation is 1. The van der Waals surface area contributed by atoms with Crippen molar-refractivity contribution in [3.05, 3.63) is 11.8 Å². The van der Waals surface area contributed by atoms with Gasteiger partial charge in [-0.3, -0.25) is 0 Å². The largest absolute Gasteiger partial charge is 0.465 e. The fraction of sp³-hybridized carbons (Fsp3) is 0.500. The molecule has 0 fully saturated rings. The smallest absolute Gasteiger partial charge is 0.404 e. The first-order valence-electron chi connectivity index (χ1n) is 3.44. The Hall–Kier alpha value is -1.59. The topological polar surface area (TPSA) is 88.2 Å². The van der Waals surface area contributed by atoms with E-state index in [1.807, 2.05) is 0 Å². The number of aromatic nitrogens is 2. The van der Waals surface area contributed by atoms with Gasteiger partial charge in [0.1, 0.15) is 0 Å². The monoisotopic (exact) mass is 171 g/mol. The van der Waals surface area contributed by atoms with Gasteiger partial charge in [0.05, 0.1) is 0 Å². The molecule has 0 unspecified atom stereocenters. The number of hydrogen-bond donors (Lipinski definition) is 2. The van der Waals surface area contributed by atoms with E-state index >= 15 is 0 Å². The van der Waals surface area contributed by atoms with Crippen molar-refractivity contribution >= 4 is 6.09 Å². The van der Waals surface area contributed by atoms with Gasteiger partial charge in [-0.25, -0.2) is 4.79 Å². The lowest BCUT2D eigenvalue weighted by molar-refractivity contribution is 0.194. The van der Waals surface area contributed by atoms with Gasteiger partial charge in [0, 0.05) is 19.9 Å². The highest BCUT2D eigenvalue weighted by molar-refractivity contribution is 5.64. The van der Waals surface area contributed by atoms with Gasteiger partial charge >= 0.3 is 6.09 Å². The van der Waals surface area contributed by atoms with Crippen molar-refractivity contribution in [1.29, 1.82) is 0 Å². The zero-order chi connectivity index (χ0) is 8.97. The molecule has 1 heterocycles. The van der Waals surface area contributed by atoms with Crippen LogP contribution in [0.15, 0.2) is 4.42 Å². The van der Waals surface area contributed by atoms with Gasteiger partial charge < -0.3 is 14.8 Å². The summed E-state index contributed by atoms with van der Waals surface area (Å²) >= 11 is 0. The minimum absolute atomic E-state index is 0.289.